The van der Waals surface area contributed by atoms with Crippen molar-refractivity contribution in [1.29, 1.82) is 0 Å². The van der Waals surface area contributed by atoms with Crippen LogP contribution in [0.15, 0.2) is 41.3 Å². The van der Waals surface area contributed by atoms with E-state index in [2.05, 4.69) is 5.32 Å². The molecule has 1 saturated heterocycles. The summed E-state index contributed by atoms with van der Waals surface area (Å²) in [5.41, 5.74) is 1.21. The van der Waals surface area contributed by atoms with E-state index in [4.69, 9.17) is 34.8 Å². The van der Waals surface area contributed by atoms with Gasteiger partial charge in [-0.3, -0.25) is 4.79 Å². The maximum atomic E-state index is 12.9. The molecule has 1 heterocycles. The van der Waals surface area contributed by atoms with Gasteiger partial charge < -0.3 is 5.32 Å². The molecule has 0 aliphatic carbocycles. The van der Waals surface area contributed by atoms with Gasteiger partial charge in [-0.2, -0.15) is 16.1 Å². The van der Waals surface area contributed by atoms with Crippen molar-refractivity contribution < 1.29 is 13.2 Å². The average Bonchev–Trinajstić information content (AvgIpc) is 2.76. The number of thioether (sulfide) groups is 1. The van der Waals surface area contributed by atoms with Crippen LogP contribution in [0.5, 0.6) is 0 Å². The number of nitrogens with zero attached hydrogens (tertiary/aromatic N) is 1. The minimum atomic E-state index is -3.63. The van der Waals surface area contributed by atoms with Crippen LogP contribution in [0.2, 0.25) is 15.1 Å². The van der Waals surface area contributed by atoms with Gasteiger partial charge in [0, 0.05) is 31.1 Å². The molecule has 0 atom stereocenters. The number of amides is 1. The Bertz CT molecular complexity index is 1040. The van der Waals surface area contributed by atoms with E-state index in [1.165, 1.54) is 22.5 Å². The fourth-order valence-corrected chi connectivity index (χ4v) is 6.12. The fraction of sp³-hybridized carbons (Fsp3) is 0.381. The second-order valence-electron chi connectivity index (χ2n) is 7.16. The number of halogens is 3. The summed E-state index contributed by atoms with van der Waals surface area (Å²) < 4.78 is 27.2. The quantitative estimate of drug-likeness (QED) is 0.467. The van der Waals surface area contributed by atoms with Gasteiger partial charge >= 0.3 is 0 Å². The first-order valence-electron chi connectivity index (χ1n) is 9.88. The molecule has 1 N–H and O–H groups in total. The second kappa shape index (κ2) is 11.3. The first-order valence-corrected chi connectivity index (χ1v) is 13.6. The molecule has 0 radical (unpaired) electrons. The summed E-state index contributed by atoms with van der Waals surface area (Å²) in [6.07, 6.45) is 2.73. The highest BCUT2D eigenvalue weighted by Gasteiger charge is 2.27. The number of benzene rings is 2. The molecule has 0 spiro atoms. The van der Waals surface area contributed by atoms with E-state index >= 15 is 0 Å². The lowest BCUT2D eigenvalue weighted by Gasteiger charge is -2.26. The Morgan fingerprint density at radius 2 is 1.68 bits per heavy atom. The summed E-state index contributed by atoms with van der Waals surface area (Å²) in [5.74, 6) is 1.02. The maximum absolute atomic E-state index is 12.9. The van der Waals surface area contributed by atoms with E-state index in [0.29, 0.717) is 35.4 Å². The number of carbonyl (C=O) groups excluding carboxylic acids is 1. The summed E-state index contributed by atoms with van der Waals surface area (Å²) in [6, 6.07) is 9.78. The number of hydrogen-bond donors (Lipinski definition) is 1. The first-order chi connectivity index (χ1) is 14.8. The highest BCUT2D eigenvalue weighted by molar-refractivity contribution is 7.98. The number of piperidine rings is 1. The molecule has 0 bridgehead atoms. The zero-order valence-corrected chi connectivity index (χ0v) is 20.6. The van der Waals surface area contributed by atoms with Crippen molar-refractivity contribution in [3.8, 4) is 0 Å². The Morgan fingerprint density at radius 3 is 2.39 bits per heavy atom. The van der Waals surface area contributed by atoms with Crippen LogP contribution in [0.4, 0.5) is 0 Å². The maximum Gasteiger partial charge on any atom is 0.252 e. The Balaban J connectivity index is 1.56. The molecule has 0 saturated carbocycles. The third-order valence-corrected chi connectivity index (χ3v) is 8.91. The number of sulfonamides is 1. The lowest BCUT2D eigenvalue weighted by Crippen LogP contribution is -2.35. The van der Waals surface area contributed by atoms with Crippen LogP contribution in [-0.4, -0.2) is 44.0 Å². The Hall–Kier alpha value is -0.960. The summed E-state index contributed by atoms with van der Waals surface area (Å²) in [7, 11) is -3.63. The van der Waals surface area contributed by atoms with Gasteiger partial charge in [0.25, 0.3) is 5.91 Å². The third kappa shape index (κ3) is 6.53. The van der Waals surface area contributed by atoms with Crippen LogP contribution in [0.25, 0.3) is 0 Å². The summed E-state index contributed by atoms with van der Waals surface area (Å²) in [5, 5.41) is 4.06. The molecule has 5 nitrogen and oxygen atoms in total. The molecule has 2 aromatic carbocycles. The molecule has 1 aliphatic rings. The summed E-state index contributed by atoms with van der Waals surface area (Å²) >= 11 is 19.7. The van der Waals surface area contributed by atoms with Crippen LogP contribution in [-0.2, 0) is 15.8 Å². The summed E-state index contributed by atoms with van der Waals surface area (Å²) in [4.78, 5) is 12.7. The Labute approximate surface area is 202 Å². The van der Waals surface area contributed by atoms with E-state index in [9.17, 15) is 13.2 Å². The van der Waals surface area contributed by atoms with Crippen LogP contribution in [0.1, 0.15) is 35.2 Å². The van der Waals surface area contributed by atoms with Crippen molar-refractivity contribution in [3.63, 3.8) is 0 Å². The minimum Gasteiger partial charge on any atom is -0.351 e. The number of nitrogens with one attached hydrogen (secondary N) is 1. The first kappa shape index (κ1) is 24.7. The molecule has 10 heteroatoms. The van der Waals surface area contributed by atoms with Gasteiger partial charge in [0.15, 0.2) is 0 Å². The van der Waals surface area contributed by atoms with E-state index in [-0.39, 0.29) is 15.5 Å². The van der Waals surface area contributed by atoms with E-state index < -0.39 is 15.9 Å². The highest BCUT2D eigenvalue weighted by Crippen LogP contribution is 2.26. The van der Waals surface area contributed by atoms with Crippen molar-refractivity contribution in [2.45, 2.75) is 29.9 Å². The van der Waals surface area contributed by atoms with Gasteiger partial charge in [0.1, 0.15) is 0 Å². The fourth-order valence-electron chi connectivity index (χ4n) is 3.24. The van der Waals surface area contributed by atoms with Gasteiger partial charge in [0.2, 0.25) is 10.0 Å². The van der Waals surface area contributed by atoms with Gasteiger partial charge in [-0.1, -0.05) is 47.3 Å². The number of carbonyl (C=O) groups is 1. The smallest absolute Gasteiger partial charge is 0.252 e. The van der Waals surface area contributed by atoms with Crippen LogP contribution < -0.4 is 5.32 Å². The predicted molar refractivity (Wildman–Crippen MR) is 129 cm³/mol. The van der Waals surface area contributed by atoms with Gasteiger partial charge in [-0.25, -0.2) is 8.42 Å². The molecule has 168 valence electrons. The van der Waals surface area contributed by atoms with Crippen LogP contribution >= 0.6 is 46.6 Å². The standard InChI is InChI=1S/C21H23Cl3N2O3S2/c22-18-7-5-16(31(28,29)26-9-2-1-3-10-26)13-17(18)21(27)25-8-11-30-14-15-4-6-19(23)20(24)12-15/h4-7,12-13H,1-3,8-11,14H2,(H,25,27). The number of rotatable bonds is 8. The molecular formula is C21H23Cl3N2O3S2. The lowest BCUT2D eigenvalue weighted by molar-refractivity contribution is 0.0956. The van der Waals surface area contributed by atoms with Gasteiger partial charge in [0.05, 0.1) is 25.5 Å². The van der Waals surface area contributed by atoms with Crippen molar-refractivity contribution in [2.24, 2.45) is 0 Å². The highest BCUT2D eigenvalue weighted by atomic mass is 35.5. The monoisotopic (exact) mass is 520 g/mol. The average molecular weight is 522 g/mol. The molecule has 31 heavy (non-hydrogen) atoms. The molecule has 2 aromatic rings. The molecule has 1 amide bonds. The van der Waals surface area contributed by atoms with Crippen LogP contribution in [0, 0.1) is 0 Å². The molecule has 0 aromatic heterocycles. The molecular weight excluding hydrogens is 499 g/mol. The van der Waals surface area contributed by atoms with Gasteiger partial charge in [-0.15, -0.1) is 0 Å². The molecule has 1 aliphatic heterocycles. The van der Waals surface area contributed by atoms with Crippen molar-refractivity contribution in [1.82, 2.24) is 9.62 Å². The Morgan fingerprint density at radius 1 is 0.968 bits per heavy atom. The predicted octanol–water partition coefficient (Wildman–Crippen LogP) is 5.48. The van der Waals surface area contributed by atoms with Crippen LogP contribution in [0.3, 0.4) is 0 Å². The van der Waals surface area contributed by atoms with E-state index in [1.807, 2.05) is 12.1 Å². The van der Waals surface area contributed by atoms with Crippen molar-refractivity contribution in [3.05, 3.63) is 62.6 Å². The molecule has 0 unspecified atom stereocenters. The largest absolute Gasteiger partial charge is 0.351 e. The van der Waals surface area contributed by atoms with Crippen molar-refractivity contribution >= 4 is 62.5 Å². The van der Waals surface area contributed by atoms with Gasteiger partial charge in [-0.05, 0) is 48.7 Å². The number of hydrogen-bond acceptors (Lipinski definition) is 4. The SMILES string of the molecule is O=C(NCCSCc1ccc(Cl)c(Cl)c1)c1cc(S(=O)(=O)N2CCCCC2)ccc1Cl. The lowest BCUT2D eigenvalue weighted by atomic mass is 10.2. The zero-order valence-electron chi connectivity index (χ0n) is 16.7. The normalized spacial score (nSPS) is 15.1. The third-order valence-electron chi connectivity index (χ3n) is 4.92. The minimum absolute atomic E-state index is 0.0953. The summed E-state index contributed by atoms with van der Waals surface area (Å²) in [6.45, 7) is 1.43. The molecule has 1 fully saturated rings. The second-order valence-corrected chi connectivity index (χ2v) is 11.4. The molecule has 3 rings (SSSR count). The van der Waals surface area contributed by atoms with E-state index in [0.717, 1.165) is 30.6 Å². The topological polar surface area (TPSA) is 66.5 Å². The van der Waals surface area contributed by atoms with E-state index in [1.54, 1.807) is 17.8 Å². The van der Waals surface area contributed by atoms with Crippen molar-refractivity contribution in [2.75, 3.05) is 25.4 Å². The Kier molecular flexibility index (Phi) is 8.96. The zero-order chi connectivity index (χ0) is 22.4.